The Labute approximate surface area is 201 Å². The van der Waals surface area contributed by atoms with Gasteiger partial charge in [-0.2, -0.15) is 0 Å². The summed E-state index contributed by atoms with van der Waals surface area (Å²) in [6, 6.07) is 1.17. The monoisotopic (exact) mass is 512 g/mol. The average Bonchev–Trinajstić information content (AvgIpc) is 3.03. The zero-order valence-electron chi connectivity index (χ0n) is 19.9. The minimum absolute atomic E-state index is 0.124. The molecule has 12 nitrogen and oxygen atoms in total. The van der Waals surface area contributed by atoms with Crippen molar-refractivity contribution in [1.82, 2.24) is 9.55 Å². The van der Waals surface area contributed by atoms with Crippen LogP contribution in [0.5, 0.6) is 0 Å². The first-order chi connectivity index (χ1) is 16.4. The smallest absolute Gasteiger partial charge is 0.331 e. The van der Waals surface area contributed by atoms with Gasteiger partial charge < -0.3 is 23.3 Å². The number of rotatable bonds is 8. The topological polar surface area (TPSA) is 152 Å². The maximum Gasteiger partial charge on any atom is 0.331 e. The molecule has 3 heterocycles. The normalized spacial score (nSPS) is 30.8. The first-order valence-corrected chi connectivity index (χ1v) is 12.8. The van der Waals surface area contributed by atoms with E-state index in [9.17, 15) is 23.7 Å². The molecule has 1 aromatic heterocycles. The number of carbonyl (C=O) groups is 2. The zero-order valence-corrected chi connectivity index (χ0v) is 20.8. The number of esters is 2. The van der Waals surface area contributed by atoms with E-state index in [0.717, 1.165) is 0 Å². The Morgan fingerprint density at radius 3 is 2.69 bits per heavy atom. The van der Waals surface area contributed by atoms with Gasteiger partial charge in [-0.1, -0.05) is 5.92 Å². The summed E-state index contributed by atoms with van der Waals surface area (Å²) in [5, 5.41) is 0. The lowest BCUT2D eigenvalue weighted by atomic mass is 9.77. The Balaban J connectivity index is 1.75. The molecule has 0 saturated carbocycles. The molecule has 2 saturated heterocycles. The molecular weight excluding hydrogens is 483 g/mol. The molecule has 1 aromatic rings. The van der Waals surface area contributed by atoms with Gasteiger partial charge in [0.1, 0.15) is 6.10 Å². The van der Waals surface area contributed by atoms with Gasteiger partial charge >= 0.3 is 25.2 Å². The number of terminal acetylenes is 1. The van der Waals surface area contributed by atoms with Crippen LogP contribution >= 0.6 is 7.60 Å². The number of H-pyrrole nitrogens is 1. The van der Waals surface area contributed by atoms with Gasteiger partial charge in [-0.3, -0.25) is 28.5 Å². The summed E-state index contributed by atoms with van der Waals surface area (Å²) in [4.78, 5) is 49.4. The highest BCUT2D eigenvalue weighted by Crippen LogP contribution is 2.61. The van der Waals surface area contributed by atoms with Gasteiger partial charge in [0, 0.05) is 25.1 Å². The van der Waals surface area contributed by atoms with Gasteiger partial charge in [0.15, 0.2) is 6.23 Å². The van der Waals surface area contributed by atoms with E-state index in [-0.39, 0.29) is 31.9 Å². The summed E-state index contributed by atoms with van der Waals surface area (Å²) in [6.07, 6.45) is 3.80. The molecule has 0 aliphatic carbocycles. The maximum atomic E-state index is 13.4. The van der Waals surface area contributed by atoms with Crippen LogP contribution < -0.4 is 11.2 Å². The van der Waals surface area contributed by atoms with Crippen molar-refractivity contribution in [3.63, 3.8) is 0 Å². The number of nitrogens with one attached hydrogen (secondary N) is 1. The predicted molar refractivity (Wildman–Crippen MR) is 121 cm³/mol. The average molecular weight is 512 g/mol. The number of fused-ring (bicyclic) bond motifs is 1. The summed E-state index contributed by atoms with van der Waals surface area (Å²) in [6.45, 7) is 5.75. The molecule has 0 spiro atoms. The molecule has 1 unspecified atom stereocenters. The van der Waals surface area contributed by atoms with Crippen LogP contribution in [0, 0.1) is 23.7 Å². The van der Waals surface area contributed by atoms with Gasteiger partial charge in [-0.15, -0.1) is 6.42 Å². The molecule has 1 N–H and O–H groups in total. The largest absolute Gasteiger partial charge is 0.463 e. The Morgan fingerprint density at radius 2 is 2.09 bits per heavy atom. The molecular formula is C22H29N2O10P. The fourth-order valence-electron chi connectivity index (χ4n) is 4.21. The molecule has 13 heteroatoms. The molecule has 2 aliphatic rings. The Kier molecular flexibility index (Phi) is 8.07. The summed E-state index contributed by atoms with van der Waals surface area (Å²) in [7, 11) is -3.75. The van der Waals surface area contributed by atoms with Crippen LogP contribution in [-0.2, 0) is 37.4 Å². The minimum atomic E-state index is -3.75. The molecule has 0 amide bonds. The Hall–Kier alpha value is -2.71. The number of nitrogens with zero attached hydrogens (tertiary/aromatic N) is 1. The molecule has 3 rings (SSSR count). The Bertz CT molecular complexity index is 1170. The van der Waals surface area contributed by atoms with E-state index in [1.807, 2.05) is 0 Å². The van der Waals surface area contributed by atoms with E-state index in [1.54, 1.807) is 20.8 Å². The highest BCUT2D eigenvalue weighted by Gasteiger charge is 2.58. The van der Waals surface area contributed by atoms with Gasteiger partial charge in [0.2, 0.25) is 0 Å². The van der Waals surface area contributed by atoms with Crippen LogP contribution in [0.15, 0.2) is 21.9 Å². The van der Waals surface area contributed by atoms with Crippen molar-refractivity contribution in [1.29, 1.82) is 0 Å². The van der Waals surface area contributed by atoms with Crippen molar-refractivity contribution in [3.05, 3.63) is 33.1 Å². The maximum absolute atomic E-state index is 13.4. The number of hydrogen-bond donors (Lipinski definition) is 1. The molecule has 6 atom stereocenters. The molecule has 2 fully saturated rings. The summed E-state index contributed by atoms with van der Waals surface area (Å²) in [5.74, 6) is 0.902. The summed E-state index contributed by atoms with van der Waals surface area (Å²) in [5.41, 5.74) is -2.35. The number of aromatic amines is 1. The van der Waals surface area contributed by atoms with Crippen molar-refractivity contribution in [2.75, 3.05) is 19.4 Å². The molecule has 35 heavy (non-hydrogen) atoms. The Morgan fingerprint density at radius 1 is 1.37 bits per heavy atom. The second kappa shape index (κ2) is 10.5. The number of carbonyl (C=O) groups excluding carboxylic acids is 2. The molecule has 0 radical (unpaired) electrons. The fraction of sp³-hybridized carbons (Fsp3) is 0.636. The minimum Gasteiger partial charge on any atom is -0.463 e. The lowest BCUT2D eigenvalue weighted by molar-refractivity contribution is -0.157. The zero-order chi connectivity index (χ0) is 26.0. The van der Waals surface area contributed by atoms with Crippen LogP contribution in [0.2, 0.25) is 0 Å². The van der Waals surface area contributed by atoms with Crippen molar-refractivity contribution in [3.8, 4) is 12.3 Å². The predicted octanol–water partition coefficient (Wildman–Crippen LogP) is 1.20. The third-order valence-corrected chi connectivity index (χ3v) is 7.78. The van der Waals surface area contributed by atoms with Crippen molar-refractivity contribution < 1.29 is 37.4 Å². The SMILES string of the molecule is C#C[C@]1(C)[C@@H]2CP(=O)(OC[C@H](CC(=O)OC(C)C)OC(C)=O)OC[C@H]2O[C@H]1n1ccc(=O)[nH]c1=O. The van der Waals surface area contributed by atoms with Gasteiger partial charge in [0.25, 0.3) is 5.56 Å². The van der Waals surface area contributed by atoms with Gasteiger partial charge in [-0.05, 0) is 20.8 Å². The quantitative estimate of drug-likeness (QED) is 0.305. The third-order valence-electron chi connectivity index (χ3n) is 5.86. The molecule has 2 aliphatic heterocycles. The van der Waals surface area contributed by atoms with Crippen LogP contribution in [0.3, 0.4) is 0 Å². The first kappa shape index (κ1) is 26.9. The van der Waals surface area contributed by atoms with Crippen LogP contribution in [-0.4, -0.2) is 59.2 Å². The van der Waals surface area contributed by atoms with E-state index in [2.05, 4.69) is 10.9 Å². The van der Waals surface area contributed by atoms with Crippen molar-refractivity contribution in [2.24, 2.45) is 11.3 Å². The van der Waals surface area contributed by atoms with Crippen LogP contribution in [0.4, 0.5) is 0 Å². The number of hydrogen-bond acceptors (Lipinski definition) is 10. The lowest BCUT2D eigenvalue weighted by Gasteiger charge is -2.36. The molecule has 0 aromatic carbocycles. The van der Waals surface area contributed by atoms with Gasteiger partial charge in [-0.25, -0.2) is 4.79 Å². The lowest BCUT2D eigenvalue weighted by Crippen LogP contribution is -2.41. The van der Waals surface area contributed by atoms with E-state index in [0.29, 0.717) is 0 Å². The van der Waals surface area contributed by atoms with Crippen molar-refractivity contribution >= 4 is 19.5 Å². The van der Waals surface area contributed by atoms with E-state index >= 15 is 0 Å². The fourth-order valence-corrected chi connectivity index (χ4v) is 6.36. The highest BCUT2D eigenvalue weighted by atomic mass is 31.2. The number of ether oxygens (including phenoxy) is 3. The second-order valence-corrected chi connectivity index (χ2v) is 11.0. The summed E-state index contributed by atoms with van der Waals surface area (Å²) < 4.78 is 41.9. The van der Waals surface area contributed by atoms with E-state index < -0.39 is 60.6 Å². The molecule has 0 bridgehead atoms. The van der Waals surface area contributed by atoms with Crippen LogP contribution in [0.25, 0.3) is 0 Å². The summed E-state index contributed by atoms with van der Waals surface area (Å²) >= 11 is 0. The second-order valence-electron chi connectivity index (χ2n) is 8.94. The highest BCUT2D eigenvalue weighted by molar-refractivity contribution is 7.53. The standard InChI is InChI=1S/C22H29N2O10P/c1-6-22(5)16-12-35(29,30-10-15(33-14(4)25)9-19(27)32-13(2)3)31-11-17(16)34-20(22)24-8-7-18(26)23-21(24)28/h1,7-8,13,15-17,20H,9-12H2,2-5H3,(H,23,26,28)/t15-,16+,17+,20+,22+,35?/m0/s1. The first-order valence-electron chi connectivity index (χ1n) is 11.1. The third kappa shape index (κ3) is 6.11. The van der Waals surface area contributed by atoms with Crippen LogP contribution in [0.1, 0.15) is 40.3 Å². The van der Waals surface area contributed by atoms with Crippen molar-refractivity contribution in [2.45, 2.75) is 58.7 Å². The van der Waals surface area contributed by atoms with Gasteiger partial charge in [0.05, 0.1) is 43.4 Å². The van der Waals surface area contributed by atoms with E-state index in [4.69, 9.17) is 29.7 Å². The van der Waals surface area contributed by atoms with E-state index in [1.165, 1.54) is 23.8 Å². The number of aromatic nitrogens is 2. The molecule has 192 valence electrons.